The van der Waals surface area contributed by atoms with Crippen molar-refractivity contribution in [2.24, 2.45) is 0 Å². The summed E-state index contributed by atoms with van der Waals surface area (Å²) in [7, 11) is 0. The molecule has 0 spiro atoms. The molecule has 7 nitrogen and oxygen atoms in total. The van der Waals surface area contributed by atoms with Crippen LogP contribution in [0.15, 0.2) is 15.8 Å². The predicted molar refractivity (Wildman–Crippen MR) is 55.1 cm³/mol. The second kappa shape index (κ2) is 5.59. The molecule has 0 amide bonds. The third-order valence-corrected chi connectivity index (χ3v) is 2.05. The van der Waals surface area contributed by atoms with Gasteiger partial charge in [-0.2, -0.15) is 0 Å². The number of ether oxygens (including phenoxy) is 1. The molecule has 0 aliphatic heterocycles. The van der Waals surface area contributed by atoms with E-state index in [9.17, 15) is 9.59 Å². The maximum absolute atomic E-state index is 11.3. The fraction of sp³-hybridized carbons (Fsp3) is 0.556. The Balaban J connectivity index is 2.78. The molecule has 1 rings (SSSR count). The maximum atomic E-state index is 11.3. The highest BCUT2D eigenvalue weighted by molar-refractivity contribution is 5.00. The Labute approximate surface area is 90.9 Å². The van der Waals surface area contributed by atoms with Crippen LogP contribution in [0.5, 0.6) is 0 Å². The van der Waals surface area contributed by atoms with E-state index in [0.717, 1.165) is 4.57 Å². The van der Waals surface area contributed by atoms with Crippen LogP contribution in [0.2, 0.25) is 0 Å². The highest BCUT2D eigenvalue weighted by atomic mass is 16.5. The second-order valence-corrected chi connectivity index (χ2v) is 3.32. The first kappa shape index (κ1) is 12.6. The zero-order chi connectivity index (χ0) is 12.1. The zero-order valence-electron chi connectivity index (χ0n) is 8.84. The molecular weight excluding hydrogens is 216 g/mol. The molecule has 0 saturated heterocycles. The number of hydrogen-bond acceptors (Lipinski definition) is 5. The average molecular weight is 230 g/mol. The fourth-order valence-electron chi connectivity index (χ4n) is 1.06. The van der Waals surface area contributed by atoms with Crippen LogP contribution in [0, 0.1) is 6.92 Å². The van der Waals surface area contributed by atoms with Gasteiger partial charge in [0.15, 0.2) is 0 Å². The van der Waals surface area contributed by atoms with E-state index in [-0.39, 0.29) is 19.9 Å². The molecule has 0 aliphatic carbocycles. The average Bonchev–Trinajstić information content (AvgIpc) is 2.26. The van der Waals surface area contributed by atoms with E-state index in [1.54, 1.807) is 6.92 Å². The first-order valence-electron chi connectivity index (χ1n) is 4.72. The van der Waals surface area contributed by atoms with Crippen molar-refractivity contribution in [3.05, 3.63) is 32.6 Å². The van der Waals surface area contributed by atoms with Gasteiger partial charge in [-0.1, -0.05) is 0 Å². The molecule has 16 heavy (non-hydrogen) atoms. The number of nitrogens with one attached hydrogen (secondary N) is 1. The third-order valence-electron chi connectivity index (χ3n) is 2.05. The van der Waals surface area contributed by atoms with Crippen molar-refractivity contribution in [2.45, 2.75) is 19.8 Å². The number of aromatic nitrogens is 2. The van der Waals surface area contributed by atoms with Crippen LogP contribution >= 0.6 is 0 Å². The van der Waals surface area contributed by atoms with E-state index >= 15 is 0 Å². The maximum Gasteiger partial charge on any atom is 0.330 e. The van der Waals surface area contributed by atoms with Crippen molar-refractivity contribution in [1.29, 1.82) is 0 Å². The third kappa shape index (κ3) is 3.02. The summed E-state index contributed by atoms with van der Waals surface area (Å²) >= 11 is 0. The Hall–Kier alpha value is -1.44. The van der Waals surface area contributed by atoms with Gasteiger partial charge in [-0.3, -0.25) is 14.3 Å². The number of hydrogen-bond donors (Lipinski definition) is 3. The van der Waals surface area contributed by atoms with Crippen molar-refractivity contribution in [3.8, 4) is 0 Å². The first-order chi connectivity index (χ1) is 7.58. The van der Waals surface area contributed by atoms with Gasteiger partial charge in [-0.15, -0.1) is 0 Å². The molecule has 1 aromatic rings. The summed E-state index contributed by atoms with van der Waals surface area (Å²) in [4.78, 5) is 24.5. The molecule has 90 valence electrons. The molecule has 7 heteroatoms. The van der Waals surface area contributed by atoms with E-state index < -0.39 is 17.4 Å². The molecular formula is C9H14N2O5. The van der Waals surface area contributed by atoms with E-state index in [1.165, 1.54) is 6.20 Å². The number of aryl methyl sites for hydroxylation is 1. The van der Waals surface area contributed by atoms with Crippen LogP contribution in [0.1, 0.15) is 5.56 Å². The lowest BCUT2D eigenvalue weighted by Gasteiger charge is -2.13. The summed E-state index contributed by atoms with van der Waals surface area (Å²) in [6.45, 7) is 0.744. The predicted octanol–water partition coefficient (Wildman–Crippen LogP) is -1.83. The van der Waals surface area contributed by atoms with Gasteiger partial charge in [-0.05, 0) is 6.92 Å². The Morgan fingerprint density at radius 2 is 2.06 bits per heavy atom. The second-order valence-electron chi connectivity index (χ2n) is 3.32. The van der Waals surface area contributed by atoms with Crippen molar-refractivity contribution < 1.29 is 14.9 Å². The zero-order valence-corrected chi connectivity index (χ0v) is 8.84. The van der Waals surface area contributed by atoms with Crippen LogP contribution in [-0.4, -0.2) is 39.1 Å². The SMILES string of the molecule is Cc1cn(COC(CO)CO)c(=O)[nH]c1=O. The Bertz CT molecular complexity index is 446. The summed E-state index contributed by atoms with van der Waals surface area (Å²) in [5, 5.41) is 17.5. The summed E-state index contributed by atoms with van der Waals surface area (Å²) in [5.74, 6) is 0. The number of nitrogens with zero attached hydrogens (tertiary/aromatic N) is 1. The van der Waals surface area contributed by atoms with E-state index in [4.69, 9.17) is 14.9 Å². The molecule has 0 fully saturated rings. The molecule has 0 radical (unpaired) electrons. The van der Waals surface area contributed by atoms with E-state index in [2.05, 4.69) is 4.98 Å². The van der Waals surface area contributed by atoms with Crippen LogP contribution < -0.4 is 11.2 Å². The lowest BCUT2D eigenvalue weighted by molar-refractivity contribution is -0.0513. The fourth-order valence-corrected chi connectivity index (χ4v) is 1.06. The van der Waals surface area contributed by atoms with Crippen LogP contribution in [-0.2, 0) is 11.5 Å². The van der Waals surface area contributed by atoms with E-state index in [1.807, 2.05) is 0 Å². The first-order valence-corrected chi connectivity index (χ1v) is 4.72. The Morgan fingerprint density at radius 3 is 2.62 bits per heavy atom. The smallest absolute Gasteiger partial charge is 0.330 e. The van der Waals surface area contributed by atoms with Gasteiger partial charge in [0.1, 0.15) is 12.8 Å². The van der Waals surface area contributed by atoms with Gasteiger partial charge in [0.2, 0.25) is 0 Å². The minimum atomic E-state index is -0.737. The number of aromatic amines is 1. The molecule has 0 unspecified atom stereocenters. The largest absolute Gasteiger partial charge is 0.394 e. The summed E-state index contributed by atoms with van der Waals surface area (Å²) in [6, 6.07) is 0. The van der Waals surface area contributed by atoms with Gasteiger partial charge in [0.05, 0.1) is 13.2 Å². The minimum Gasteiger partial charge on any atom is -0.394 e. The van der Waals surface area contributed by atoms with Crippen LogP contribution in [0.3, 0.4) is 0 Å². The molecule has 1 aromatic heterocycles. The van der Waals surface area contributed by atoms with Crippen molar-refractivity contribution in [2.75, 3.05) is 13.2 Å². The van der Waals surface area contributed by atoms with Gasteiger partial charge in [0.25, 0.3) is 5.56 Å². The molecule has 0 aromatic carbocycles. The molecule has 3 N–H and O–H groups in total. The van der Waals surface area contributed by atoms with Gasteiger partial charge >= 0.3 is 5.69 Å². The number of aliphatic hydroxyl groups excluding tert-OH is 2. The molecule has 0 bridgehead atoms. The normalized spacial score (nSPS) is 11.0. The summed E-state index contributed by atoms with van der Waals surface area (Å²) < 4.78 is 6.19. The highest BCUT2D eigenvalue weighted by Gasteiger charge is 2.07. The van der Waals surface area contributed by atoms with E-state index in [0.29, 0.717) is 5.56 Å². The van der Waals surface area contributed by atoms with Crippen LogP contribution in [0.4, 0.5) is 0 Å². The summed E-state index contributed by atoms with van der Waals surface area (Å²) in [5.41, 5.74) is -0.653. The number of rotatable bonds is 5. The van der Waals surface area contributed by atoms with Crippen molar-refractivity contribution in [3.63, 3.8) is 0 Å². The van der Waals surface area contributed by atoms with Crippen LogP contribution in [0.25, 0.3) is 0 Å². The number of H-pyrrole nitrogens is 1. The molecule has 1 heterocycles. The minimum absolute atomic E-state index is 0.137. The van der Waals surface area contributed by atoms with Gasteiger partial charge in [0, 0.05) is 11.8 Å². The Morgan fingerprint density at radius 1 is 1.44 bits per heavy atom. The lowest BCUT2D eigenvalue weighted by Crippen LogP contribution is -2.33. The monoisotopic (exact) mass is 230 g/mol. The van der Waals surface area contributed by atoms with Crippen molar-refractivity contribution in [1.82, 2.24) is 9.55 Å². The molecule has 0 saturated carbocycles. The quantitative estimate of drug-likeness (QED) is 0.552. The van der Waals surface area contributed by atoms with Crippen molar-refractivity contribution >= 4 is 0 Å². The number of aliphatic hydroxyl groups is 2. The molecule has 0 aliphatic rings. The molecule has 0 atom stereocenters. The standard InChI is InChI=1S/C9H14N2O5/c1-6-2-11(9(15)10-8(6)14)5-16-7(3-12)4-13/h2,7,12-13H,3-5H2,1H3,(H,10,14,15). The van der Waals surface area contributed by atoms with Gasteiger partial charge in [-0.25, -0.2) is 4.79 Å². The Kier molecular flexibility index (Phi) is 4.41. The lowest BCUT2D eigenvalue weighted by atomic mass is 10.4. The highest BCUT2D eigenvalue weighted by Crippen LogP contribution is 1.92. The summed E-state index contributed by atoms with van der Waals surface area (Å²) in [6.07, 6.45) is 0.617. The topological polar surface area (TPSA) is 105 Å². The van der Waals surface area contributed by atoms with Gasteiger partial charge < -0.3 is 14.9 Å².